The minimum absolute atomic E-state index is 0.0958. The van der Waals surface area contributed by atoms with Crippen LogP contribution in [0.3, 0.4) is 0 Å². The van der Waals surface area contributed by atoms with Gasteiger partial charge in [-0.25, -0.2) is 4.79 Å². The molecule has 0 unspecified atom stereocenters. The molecule has 1 atom stereocenters. The molecule has 2 aromatic carbocycles. The molecule has 34 heavy (non-hydrogen) atoms. The Labute approximate surface area is 203 Å². The Bertz CT molecular complexity index is 1070. The van der Waals surface area contributed by atoms with Crippen LogP contribution < -0.4 is 4.90 Å². The van der Waals surface area contributed by atoms with Crippen molar-refractivity contribution >= 4 is 17.6 Å². The monoisotopic (exact) mass is 463 g/mol. The average Bonchev–Trinajstić information content (AvgIpc) is 3.20. The molecule has 5 nitrogen and oxygen atoms in total. The van der Waals surface area contributed by atoms with Crippen LogP contribution in [-0.4, -0.2) is 29.1 Å². The predicted molar refractivity (Wildman–Crippen MR) is 135 cm³/mol. The van der Waals surface area contributed by atoms with Gasteiger partial charge in [-0.1, -0.05) is 49.1 Å². The van der Waals surface area contributed by atoms with Gasteiger partial charge in [-0.15, -0.1) is 0 Å². The molecule has 2 aliphatic rings. The topological polar surface area (TPSA) is 66.8 Å². The highest BCUT2D eigenvalue weighted by atomic mass is 16.5. The Hall–Kier alpha value is -2.66. The van der Waals surface area contributed by atoms with Gasteiger partial charge in [0.1, 0.15) is 0 Å². The number of aryl methyl sites for hydroxylation is 2. The molecule has 182 valence electrons. The summed E-state index contributed by atoms with van der Waals surface area (Å²) < 4.78 is 6.10. The van der Waals surface area contributed by atoms with Crippen LogP contribution in [-0.2, 0) is 20.7 Å². The molecule has 1 saturated carbocycles. The maximum atomic E-state index is 13.5. The quantitative estimate of drug-likeness (QED) is 0.559. The number of rotatable bonds is 5. The van der Waals surface area contributed by atoms with Crippen molar-refractivity contribution in [3.05, 3.63) is 52.6 Å². The van der Waals surface area contributed by atoms with E-state index in [1.54, 1.807) is 0 Å². The number of carboxylic acids is 1. The maximum absolute atomic E-state index is 13.5. The number of hydrogen-bond donors (Lipinski definition) is 1. The second-order valence-corrected chi connectivity index (χ2v) is 10.9. The first-order valence-electron chi connectivity index (χ1n) is 12.5. The number of amides is 1. The number of hydrogen-bond acceptors (Lipinski definition) is 3. The van der Waals surface area contributed by atoms with Crippen molar-refractivity contribution < 1.29 is 19.4 Å². The molecule has 1 heterocycles. The van der Waals surface area contributed by atoms with Crippen molar-refractivity contribution in [1.29, 1.82) is 0 Å². The van der Waals surface area contributed by atoms with Gasteiger partial charge in [0, 0.05) is 23.7 Å². The molecule has 0 spiro atoms. The summed E-state index contributed by atoms with van der Waals surface area (Å²) in [5, 5.41) is 10.2. The van der Waals surface area contributed by atoms with Crippen LogP contribution in [0.15, 0.2) is 30.3 Å². The Kier molecular flexibility index (Phi) is 6.86. The SMILES string of the molecule is Cc1ccc(-c2c3c(cc(C)c2[C@H](OC(C)(C)C)C(=O)O)N(C(=O)C2CCCCC2)CC3)cc1. The van der Waals surface area contributed by atoms with Gasteiger partial charge < -0.3 is 14.7 Å². The van der Waals surface area contributed by atoms with Crippen LogP contribution in [0.4, 0.5) is 5.69 Å². The van der Waals surface area contributed by atoms with Crippen LogP contribution in [0.25, 0.3) is 11.1 Å². The highest BCUT2D eigenvalue weighted by molar-refractivity contribution is 5.99. The van der Waals surface area contributed by atoms with Gasteiger partial charge >= 0.3 is 5.97 Å². The number of fused-ring (bicyclic) bond motifs is 1. The highest BCUT2D eigenvalue weighted by Crippen LogP contribution is 2.45. The van der Waals surface area contributed by atoms with Crippen LogP contribution in [0, 0.1) is 19.8 Å². The van der Waals surface area contributed by atoms with Crippen LogP contribution in [0.1, 0.15) is 81.2 Å². The number of carbonyl (C=O) groups excluding carboxylic acids is 1. The molecule has 1 fully saturated rings. The summed E-state index contributed by atoms with van der Waals surface area (Å²) in [6, 6.07) is 10.2. The van der Waals surface area contributed by atoms with Gasteiger partial charge in [0.2, 0.25) is 5.91 Å². The van der Waals surface area contributed by atoms with Crippen LogP contribution in [0.5, 0.6) is 0 Å². The molecule has 1 aliphatic heterocycles. The maximum Gasteiger partial charge on any atom is 0.337 e. The van der Waals surface area contributed by atoms with Gasteiger partial charge in [-0.2, -0.15) is 0 Å². The lowest BCUT2D eigenvalue weighted by Crippen LogP contribution is -2.35. The van der Waals surface area contributed by atoms with Crippen molar-refractivity contribution in [1.82, 2.24) is 0 Å². The Balaban J connectivity index is 1.88. The number of ether oxygens (including phenoxy) is 1. The van der Waals surface area contributed by atoms with E-state index in [-0.39, 0.29) is 11.8 Å². The summed E-state index contributed by atoms with van der Waals surface area (Å²) >= 11 is 0. The second kappa shape index (κ2) is 9.53. The minimum atomic E-state index is -1.09. The molecule has 4 rings (SSSR count). The largest absolute Gasteiger partial charge is 0.479 e. The Morgan fingerprint density at radius 2 is 1.71 bits per heavy atom. The second-order valence-electron chi connectivity index (χ2n) is 10.9. The van der Waals surface area contributed by atoms with Crippen molar-refractivity contribution in [2.24, 2.45) is 5.92 Å². The third-order valence-electron chi connectivity index (χ3n) is 7.05. The fourth-order valence-electron chi connectivity index (χ4n) is 5.47. The van der Waals surface area contributed by atoms with E-state index in [2.05, 4.69) is 12.1 Å². The first kappa shape index (κ1) is 24.5. The zero-order chi connectivity index (χ0) is 24.6. The number of carbonyl (C=O) groups is 2. The van der Waals surface area contributed by atoms with E-state index >= 15 is 0 Å². The lowest BCUT2D eigenvalue weighted by Gasteiger charge is -2.30. The highest BCUT2D eigenvalue weighted by Gasteiger charge is 2.37. The van der Waals surface area contributed by atoms with Crippen LogP contribution >= 0.6 is 0 Å². The van der Waals surface area contributed by atoms with Crippen LogP contribution in [0.2, 0.25) is 0 Å². The molecule has 1 aliphatic carbocycles. The van der Waals surface area contributed by atoms with E-state index in [1.165, 1.54) is 6.42 Å². The first-order valence-corrected chi connectivity index (χ1v) is 12.5. The van der Waals surface area contributed by atoms with Crippen molar-refractivity contribution in [3.8, 4) is 11.1 Å². The van der Waals surface area contributed by atoms with E-state index in [9.17, 15) is 14.7 Å². The summed E-state index contributed by atoms with van der Waals surface area (Å²) in [5.41, 5.74) is 5.92. The minimum Gasteiger partial charge on any atom is -0.479 e. The lowest BCUT2D eigenvalue weighted by atomic mass is 9.86. The molecular formula is C29H37NO4. The summed E-state index contributed by atoms with van der Waals surface area (Å²) in [7, 11) is 0. The van der Waals surface area contributed by atoms with Gasteiger partial charge in [-0.05, 0) is 82.2 Å². The summed E-state index contributed by atoms with van der Waals surface area (Å²) in [6.45, 7) is 10.3. The smallest absolute Gasteiger partial charge is 0.337 e. The van der Waals surface area contributed by atoms with E-state index in [4.69, 9.17) is 4.74 Å². The van der Waals surface area contributed by atoms with E-state index in [0.29, 0.717) is 18.5 Å². The number of benzene rings is 2. The molecule has 0 bridgehead atoms. The molecular weight excluding hydrogens is 426 g/mol. The van der Waals surface area contributed by atoms with Gasteiger partial charge in [-0.3, -0.25) is 4.79 Å². The molecule has 5 heteroatoms. The zero-order valence-electron chi connectivity index (χ0n) is 21.1. The van der Waals surface area contributed by atoms with Crippen molar-refractivity contribution in [3.63, 3.8) is 0 Å². The molecule has 1 N–H and O–H groups in total. The Morgan fingerprint density at radius 3 is 2.29 bits per heavy atom. The van der Waals surface area contributed by atoms with E-state index < -0.39 is 17.7 Å². The number of nitrogens with zero attached hydrogens (tertiary/aromatic N) is 1. The summed E-state index contributed by atoms with van der Waals surface area (Å²) in [6.07, 6.45) is 5.00. The van der Waals surface area contributed by atoms with E-state index in [1.807, 2.05) is 57.7 Å². The fraction of sp³-hybridized carbons (Fsp3) is 0.517. The number of carboxylic acid groups (broad SMARTS) is 1. The third-order valence-corrected chi connectivity index (χ3v) is 7.05. The zero-order valence-corrected chi connectivity index (χ0v) is 21.1. The van der Waals surface area contributed by atoms with E-state index in [0.717, 1.165) is 59.2 Å². The molecule has 0 aromatic heterocycles. The molecule has 2 aromatic rings. The predicted octanol–water partition coefficient (Wildman–Crippen LogP) is 6.38. The number of aliphatic carboxylic acids is 1. The van der Waals surface area contributed by atoms with Gasteiger partial charge in [0.25, 0.3) is 0 Å². The standard InChI is InChI=1S/C29H37NO4/c1-18-11-13-20(14-12-18)25-22-15-16-30(27(31)21-9-7-6-8-10-21)23(22)17-19(2)24(25)26(28(32)33)34-29(3,4)5/h11-14,17,21,26H,6-10,15-16H2,1-5H3,(H,32,33)/t26-/m0/s1. The lowest BCUT2D eigenvalue weighted by molar-refractivity contribution is -0.160. The number of anilines is 1. The van der Waals surface area contributed by atoms with Gasteiger partial charge in [0.05, 0.1) is 5.60 Å². The average molecular weight is 464 g/mol. The molecule has 1 amide bonds. The van der Waals surface area contributed by atoms with Crippen molar-refractivity contribution in [2.45, 2.75) is 84.8 Å². The first-order chi connectivity index (χ1) is 16.1. The Morgan fingerprint density at radius 1 is 1.06 bits per heavy atom. The third kappa shape index (κ3) is 4.90. The molecule has 0 radical (unpaired) electrons. The summed E-state index contributed by atoms with van der Waals surface area (Å²) in [4.78, 5) is 27.9. The molecule has 0 saturated heterocycles. The van der Waals surface area contributed by atoms with Crippen molar-refractivity contribution in [2.75, 3.05) is 11.4 Å². The van der Waals surface area contributed by atoms with Gasteiger partial charge in [0.15, 0.2) is 6.10 Å². The summed E-state index contributed by atoms with van der Waals surface area (Å²) in [5.74, 6) is -0.681. The fourth-order valence-corrected chi connectivity index (χ4v) is 5.47. The normalized spacial score (nSPS) is 17.5.